The van der Waals surface area contributed by atoms with E-state index in [2.05, 4.69) is 0 Å². The number of halogens is 1. The number of carbonyl (C=O) groups excluding carboxylic acids is 2. The van der Waals surface area contributed by atoms with Gasteiger partial charge in [-0.05, 0) is 55.0 Å². The van der Waals surface area contributed by atoms with Gasteiger partial charge in [0.15, 0.2) is 0 Å². The molecule has 0 unspecified atom stereocenters. The summed E-state index contributed by atoms with van der Waals surface area (Å²) in [4.78, 5) is 30.2. The Morgan fingerprint density at radius 1 is 1.29 bits per heavy atom. The lowest BCUT2D eigenvalue weighted by atomic mass is 9.93. The molecule has 150 valence electrons. The number of hydrogen-bond donors (Lipinski definition) is 0. The van der Waals surface area contributed by atoms with Gasteiger partial charge in [-0.25, -0.2) is 4.39 Å². The molecular formula is C21H25FN2O3S. The van der Waals surface area contributed by atoms with Gasteiger partial charge in [0.2, 0.25) is 11.8 Å². The maximum atomic E-state index is 13.4. The third kappa shape index (κ3) is 4.25. The Balaban J connectivity index is 1.89. The van der Waals surface area contributed by atoms with Crippen LogP contribution in [0.4, 0.5) is 4.39 Å². The third-order valence-electron chi connectivity index (χ3n) is 4.99. The average molecular weight is 405 g/mol. The minimum Gasteiger partial charge on any atom is -0.375 e. The third-order valence-corrected chi connectivity index (χ3v) is 5.99. The van der Waals surface area contributed by atoms with E-state index in [0.717, 1.165) is 17.5 Å². The van der Waals surface area contributed by atoms with Crippen LogP contribution in [0.5, 0.6) is 0 Å². The van der Waals surface area contributed by atoms with Crippen LogP contribution in [-0.2, 0) is 20.7 Å². The Kier molecular flexibility index (Phi) is 6.46. The Morgan fingerprint density at radius 3 is 2.64 bits per heavy atom. The first-order chi connectivity index (χ1) is 13.4. The van der Waals surface area contributed by atoms with E-state index >= 15 is 0 Å². The normalized spacial score (nSPS) is 16.2. The standard InChI is InChI=1S/C21H25FN2O3S/c1-14(2)24(20(26)13-27-3)12-19(25)23-10-8-18-17(9-11-28-18)21(23)15-4-6-16(22)7-5-15/h4-7,9,11,14,21H,8,10,12-13H2,1-3H3/t21-/m0/s1. The van der Waals surface area contributed by atoms with Gasteiger partial charge in [-0.15, -0.1) is 11.3 Å². The number of fused-ring (bicyclic) bond motifs is 1. The second-order valence-corrected chi connectivity index (χ2v) is 8.14. The van der Waals surface area contributed by atoms with Crippen molar-refractivity contribution in [3.05, 3.63) is 57.5 Å². The molecule has 1 aromatic carbocycles. The van der Waals surface area contributed by atoms with E-state index in [1.54, 1.807) is 28.4 Å². The van der Waals surface area contributed by atoms with Crippen molar-refractivity contribution in [2.45, 2.75) is 32.4 Å². The van der Waals surface area contributed by atoms with Crippen LogP contribution in [0.2, 0.25) is 0 Å². The minimum absolute atomic E-state index is 0.00295. The monoisotopic (exact) mass is 404 g/mol. The maximum Gasteiger partial charge on any atom is 0.249 e. The van der Waals surface area contributed by atoms with Crippen molar-refractivity contribution < 1.29 is 18.7 Å². The van der Waals surface area contributed by atoms with Crippen LogP contribution < -0.4 is 0 Å². The number of amides is 2. The second-order valence-electron chi connectivity index (χ2n) is 7.14. The molecule has 0 radical (unpaired) electrons. The maximum absolute atomic E-state index is 13.4. The second kappa shape index (κ2) is 8.84. The molecule has 1 aromatic heterocycles. The summed E-state index contributed by atoms with van der Waals surface area (Å²) in [5, 5.41) is 2.03. The lowest BCUT2D eigenvalue weighted by Crippen LogP contribution is -2.49. The van der Waals surface area contributed by atoms with Crippen LogP contribution in [0.25, 0.3) is 0 Å². The molecule has 1 aliphatic rings. The fourth-order valence-electron chi connectivity index (χ4n) is 3.59. The molecule has 0 saturated carbocycles. The van der Waals surface area contributed by atoms with Crippen molar-refractivity contribution in [3.8, 4) is 0 Å². The van der Waals surface area contributed by atoms with Crippen LogP contribution in [0.15, 0.2) is 35.7 Å². The number of rotatable bonds is 6. The predicted octanol–water partition coefficient (Wildman–Crippen LogP) is 3.24. The molecule has 5 nitrogen and oxygen atoms in total. The predicted molar refractivity (Wildman–Crippen MR) is 107 cm³/mol. The highest BCUT2D eigenvalue weighted by Gasteiger charge is 2.34. The molecule has 1 atom stereocenters. The Bertz CT molecular complexity index is 834. The van der Waals surface area contributed by atoms with E-state index in [9.17, 15) is 14.0 Å². The lowest BCUT2D eigenvalue weighted by Gasteiger charge is -2.38. The molecular weight excluding hydrogens is 379 g/mol. The summed E-state index contributed by atoms with van der Waals surface area (Å²) in [5.41, 5.74) is 1.95. The van der Waals surface area contributed by atoms with E-state index in [-0.39, 0.29) is 42.9 Å². The van der Waals surface area contributed by atoms with Crippen molar-refractivity contribution >= 4 is 23.2 Å². The Morgan fingerprint density at radius 2 is 2.00 bits per heavy atom. The molecule has 2 amide bonds. The SMILES string of the molecule is COCC(=O)N(CC(=O)N1CCc2sccc2[C@@H]1c1ccc(F)cc1)C(C)C. The molecule has 0 fully saturated rings. The number of methoxy groups -OCH3 is 1. The summed E-state index contributed by atoms with van der Waals surface area (Å²) in [6, 6.07) is 7.94. The van der Waals surface area contributed by atoms with Crippen LogP contribution in [0, 0.1) is 5.82 Å². The van der Waals surface area contributed by atoms with Gasteiger partial charge in [0.05, 0.1) is 6.04 Å². The molecule has 3 rings (SSSR count). The molecule has 0 saturated heterocycles. The summed E-state index contributed by atoms with van der Waals surface area (Å²) in [6.07, 6.45) is 0.782. The molecule has 0 aliphatic carbocycles. The van der Waals surface area contributed by atoms with E-state index in [0.29, 0.717) is 6.54 Å². The van der Waals surface area contributed by atoms with Gasteiger partial charge in [0.25, 0.3) is 0 Å². The van der Waals surface area contributed by atoms with Crippen LogP contribution >= 0.6 is 11.3 Å². The highest BCUT2D eigenvalue weighted by molar-refractivity contribution is 7.10. The summed E-state index contributed by atoms with van der Waals surface area (Å²) in [6.45, 7) is 4.27. The molecule has 0 spiro atoms. The van der Waals surface area contributed by atoms with Crippen molar-refractivity contribution in [3.63, 3.8) is 0 Å². The molecule has 0 bridgehead atoms. The molecule has 2 heterocycles. The van der Waals surface area contributed by atoms with Gasteiger partial charge >= 0.3 is 0 Å². The molecule has 28 heavy (non-hydrogen) atoms. The highest BCUT2D eigenvalue weighted by Crippen LogP contribution is 2.37. The lowest BCUT2D eigenvalue weighted by molar-refractivity contribution is -0.145. The number of ether oxygens (including phenoxy) is 1. The zero-order valence-electron chi connectivity index (χ0n) is 16.4. The quantitative estimate of drug-likeness (QED) is 0.743. The summed E-state index contributed by atoms with van der Waals surface area (Å²) >= 11 is 1.68. The van der Waals surface area contributed by atoms with Crippen LogP contribution in [0.1, 0.15) is 35.9 Å². The van der Waals surface area contributed by atoms with Gasteiger partial charge < -0.3 is 14.5 Å². The molecule has 1 aliphatic heterocycles. The Labute approximate surface area is 168 Å². The fourth-order valence-corrected chi connectivity index (χ4v) is 4.50. The fraction of sp³-hybridized carbons (Fsp3) is 0.429. The van der Waals surface area contributed by atoms with Crippen molar-refractivity contribution in [2.24, 2.45) is 0 Å². The summed E-state index contributed by atoms with van der Waals surface area (Å²) in [5.74, 6) is -0.638. The number of nitrogens with zero attached hydrogens (tertiary/aromatic N) is 2. The van der Waals surface area contributed by atoms with Gasteiger partial charge in [-0.3, -0.25) is 9.59 Å². The van der Waals surface area contributed by atoms with Gasteiger partial charge in [-0.2, -0.15) is 0 Å². The van der Waals surface area contributed by atoms with Crippen molar-refractivity contribution in [1.29, 1.82) is 0 Å². The highest BCUT2D eigenvalue weighted by atomic mass is 32.1. The van der Waals surface area contributed by atoms with Gasteiger partial charge in [-0.1, -0.05) is 12.1 Å². The van der Waals surface area contributed by atoms with E-state index in [4.69, 9.17) is 4.74 Å². The van der Waals surface area contributed by atoms with Crippen molar-refractivity contribution in [2.75, 3.05) is 26.8 Å². The van der Waals surface area contributed by atoms with Crippen molar-refractivity contribution in [1.82, 2.24) is 9.80 Å². The van der Waals surface area contributed by atoms with Crippen LogP contribution in [-0.4, -0.2) is 54.5 Å². The van der Waals surface area contributed by atoms with Gasteiger partial charge in [0.1, 0.15) is 19.0 Å². The molecule has 2 aromatic rings. The molecule has 0 N–H and O–H groups in total. The largest absolute Gasteiger partial charge is 0.375 e. The van der Waals surface area contributed by atoms with Gasteiger partial charge in [0, 0.05) is 24.6 Å². The number of benzene rings is 1. The van der Waals surface area contributed by atoms with E-state index in [1.165, 1.54) is 29.0 Å². The first-order valence-corrected chi connectivity index (χ1v) is 10.2. The zero-order chi connectivity index (χ0) is 20.3. The number of carbonyl (C=O) groups is 2. The average Bonchev–Trinajstić information content (AvgIpc) is 3.14. The minimum atomic E-state index is -0.306. The first-order valence-electron chi connectivity index (χ1n) is 9.32. The first kappa shape index (κ1) is 20.5. The topological polar surface area (TPSA) is 49.9 Å². The van der Waals surface area contributed by atoms with Crippen LogP contribution in [0.3, 0.4) is 0 Å². The number of hydrogen-bond acceptors (Lipinski definition) is 4. The Hall–Kier alpha value is -2.25. The number of thiophene rings is 1. The summed E-state index contributed by atoms with van der Waals surface area (Å²) < 4.78 is 18.4. The zero-order valence-corrected chi connectivity index (χ0v) is 17.2. The van der Waals surface area contributed by atoms with E-state index < -0.39 is 0 Å². The summed E-state index contributed by atoms with van der Waals surface area (Å²) in [7, 11) is 1.46. The molecule has 7 heteroatoms. The smallest absolute Gasteiger partial charge is 0.249 e. The van der Waals surface area contributed by atoms with E-state index in [1.807, 2.05) is 25.3 Å².